The van der Waals surface area contributed by atoms with E-state index in [4.69, 9.17) is 0 Å². The molecule has 1 saturated carbocycles. The highest BCUT2D eigenvalue weighted by molar-refractivity contribution is 7.89. The highest BCUT2D eigenvalue weighted by Crippen LogP contribution is 2.32. The van der Waals surface area contributed by atoms with Crippen LogP contribution in [0.4, 0.5) is 5.69 Å². The van der Waals surface area contributed by atoms with Gasteiger partial charge >= 0.3 is 0 Å². The Hall–Kier alpha value is -2.00. The van der Waals surface area contributed by atoms with E-state index in [1.165, 1.54) is 29.3 Å². The quantitative estimate of drug-likeness (QED) is 0.509. The van der Waals surface area contributed by atoms with E-state index in [1.807, 2.05) is 11.8 Å². The third-order valence-electron chi connectivity index (χ3n) is 5.67. The number of carbonyl (C=O) groups is 1. The van der Waals surface area contributed by atoms with Crippen LogP contribution in [0.3, 0.4) is 0 Å². The molecule has 0 aromatic heterocycles. The summed E-state index contributed by atoms with van der Waals surface area (Å²) >= 11 is 0. The molecule has 0 radical (unpaired) electrons. The van der Waals surface area contributed by atoms with Gasteiger partial charge in [0.05, 0.1) is 9.82 Å². The molecule has 2 fully saturated rings. The number of piperidine rings is 1. The second-order valence-corrected chi connectivity index (χ2v) is 9.61. The van der Waals surface area contributed by atoms with Crippen LogP contribution in [0.2, 0.25) is 0 Å². The van der Waals surface area contributed by atoms with Crippen LogP contribution in [0.5, 0.6) is 0 Å². The number of aryl methyl sites for hydroxylation is 1. The normalized spacial score (nSPS) is 18.8. The van der Waals surface area contributed by atoms with Gasteiger partial charge < -0.3 is 4.90 Å². The second-order valence-electron chi connectivity index (χ2n) is 7.71. The van der Waals surface area contributed by atoms with E-state index in [0.29, 0.717) is 30.9 Å². The van der Waals surface area contributed by atoms with Gasteiger partial charge in [-0.2, -0.15) is 4.31 Å². The molecule has 1 saturated heterocycles. The van der Waals surface area contributed by atoms with E-state index in [9.17, 15) is 23.3 Å². The van der Waals surface area contributed by atoms with E-state index in [1.54, 1.807) is 6.92 Å². The zero-order valence-electron chi connectivity index (χ0n) is 16.3. The average Bonchev–Trinajstić information content (AvgIpc) is 3.50. The maximum Gasteiger partial charge on any atom is 0.270 e. The predicted octanol–water partition coefficient (Wildman–Crippen LogP) is 2.56. The summed E-state index contributed by atoms with van der Waals surface area (Å²) in [6.45, 7) is 5.60. The largest absolute Gasteiger partial charge is 0.342 e. The number of benzene rings is 1. The molecular weight excluding hydrogens is 382 g/mol. The van der Waals surface area contributed by atoms with Crippen LogP contribution < -0.4 is 0 Å². The Morgan fingerprint density at radius 1 is 1.25 bits per heavy atom. The van der Waals surface area contributed by atoms with Crippen molar-refractivity contribution >= 4 is 21.6 Å². The predicted molar refractivity (Wildman–Crippen MR) is 104 cm³/mol. The Kier molecular flexibility index (Phi) is 6.04. The Bertz CT molecular complexity index is 858. The summed E-state index contributed by atoms with van der Waals surface area (Å²) in [5, 5.41) is 11.0. The molecule has 8 nitrogen and oxygen atoms in total. The van der Waals surface area contributed by atoms with E-state index < -0.39 is 14.9 Å². The van der Waals surface area contributed by atoms with Gasteiger partial charge in [-0.25, -0.2) is 8.42 Å². The lowest BCUT2D eigenvalue weighted by atomic mass is 9.96. The van der Waals surface area contributed by atoms with Crippen LogP contribution in [0.15, 0.2) is 23.1 Å². The first-order valence-corrected chi connectivity index (χ1v) is 11.2. The van der Waals surface area contributed by atoms with Gasteiger partial charge in [0.2, 0.25) is 15.9 Å². The molecule has 0 unspecified atom stereocenters. The van der Waals surface area contributed by atoms with Crippen LogP contribution in [0.1, 0.15) is 38.2 Å². The van der Waals surface area contributed by atoms with E-state index in [2.05, 4.69) is 0 Å². The summed E-state index contributed by atoms with van der Waals surface area (Å²) in [6, 6.07) is 3.88. The Morgan fingerprint density at radius 2 is 1.89 bits per heavy atom. The minimum atomic E-state index is -3.83. The van der Waals surface area contributed by atoms with Gasteiger partial charge in [0.25, 0.3) is 5.69 Å². The van der Waals surface area contributed by atoms with Gasteiger partial charge in [-0.3, -0.25) is 14.9 Å². The van der Waals surface area contributed by atoms with Crippen molar-refractivity contribution in [3.63, 3.8) is 0 Å². The van der Waals surface area contributed by atoms with Crippen LogP contribution >= 0.6 is 0 Å². The number of amides is 1. The molecule has 1 heterocycles. The van der Waals surface area contributed by atoms with Crippen LogP contribution in [0.25, 0.3) is 0 Å². The molecule has 0 spiro atoms. The monoisotopic (exact) mass is 409 g/mol. The molecule has 0 bridgehead atoms. The summed E-state index contributed by atoms with van der Waals surface area (Å²) in [4.78, 5) is 25.1. The minimum absolute atomic E-state index is 0.0320. The molecule has 1 aromatic rings. The second kappa shape index (κ2) is 8.16. The first kappa shape index (κ1) is 20.7. The fourth-order valence-corrected chi connectivity index (χ4v) is 5.42. The molecule has 154 valence electrons. The van der Waals surface area contributed by atoms with Crippen molar-refractivity contribution in [3.05, 3.63) is 33.9 Å². The molecule has 0 atom stereocenters. The molecule has 1 aliphatic carbocycles. The van der Waals surface area contributed by atoms with Gasteiger partial charge in [-0.1, -0.05) is 6.07 Å². The fraction of sp³-hybridized carbons (Fsp3) is 0.632. The molecule has 2 aliphatic rings. The first-order valence-electron chi connectivity index (χ1n) is 9.78. The number of non-ortho nitro benzene ring substituents is 1. The summed E-state index contributed by atoms with van der Waals surface area (Å²) in [5.74, 6) is 0.593. The molecule has 28 heavy (non-hydrogen) atoms. The van der Waals surface area contributed by atoms with Crippen molar-refractivity contribution in [1.82, 2.24) is 9.21 Å². The molecule has 3 rings (SSSR count). The zero-order chi connectivity index (χ0) is 20.5. The highest BCUT2D eigenvalue weighted by atomic mass is 32.2. The molecule has 1 aliphatic heterocycles. The number of nitrogens with zero attached hydrogens (tertiary/aromatic N) is 3. The van der Waals surface area contributed by atoms with Gasteiger partial charge in [0.15, 0.2) is 0 Å². The Labute approximate surface area is 165 Å². The number of rotatable bonds is 7. The first-order chi connectivity index (χ1) is 13.2. The van der Waals surface area contributed by atoms with Gasteiger partial charge in [0, 0.05) is 44.2 Å². The van der Waals surface area contributed by atoms with Gasteiger partial charge in [-0.15, -0.1) is 0 Å². The van der Waals surface area contributed by atoms with Crippen LogP contribution in [-0.4, -0.2) is 54.6 Å². The van der Waals surface area contributed by atoms with Crippen LogP contribution in [0, 0.1) is 28.9 Å². The Balaban J connectivity index is 1.69. The number of sulfonamides is 1. The third-order valence-corrected chi connectivity index (χ3v) is 7.71. The smallest absolute Gasteiger partial charge is 0.270 e. The topological polar surface area (TPSA) is 101 Å². The standard InChI is InChI=1S/C19H27N3O5S/c1-3-20(13-15-5-6-15)19(23)16-8-10-21(11-9-16)28(26,27)18-12-17(22(24)25)7-4-14(18)2/h4,7,12,15-16H,3,5-6,8-11,13H2,1-2H3. The van der Waals surface area contributed by atoms with E-state index >= 15 is 0 Å². The average molecular weight is 410 g/mol. The lowest BCUT2D eigenvalue weighted by Gasteiger charge is -2.33. The lowest BCUT2D eigenvalue weighted by Crippen LogP contribution is -2.45. The van der Waals surface area contributed by atoms with Gasteiger partial charge in [0.1, 0.15) is 0 Å². The summed E-state index contributed by atoms with van der Waals surface area (Å²) < 4.78 is 27.4. The highest BCUT2D eigenvalue weighted by Gasteiger charge is 2.36. The summed E-state index contributed by atoms with van der Waals surface area (Å²) in [5.41, 5.74) is 0.235. The minimum Gasteiger partial charge on any atom is -0.342 e. The molecule has 1 amide bonds. The Morgan fingerprint density at radius 3 is 2.43 bits per heavy atom. The number of nitro groups is 1. The maximum absolute atomic E-state index is 13.0. The number of hydrogen-bond acceptors (Lipinski definition) is 5. The van der Waals surface area contributed by atoms with Crippen molar-refractivity contribution in [2.75, 3.05) is 26.2 Å². The van der Waals surface area contributed by atoms with Crippen molar-refractivity contribution in [1.29, 1.82) is 0 Å². The van der Waals surface area contributed by atoms with Crippen molar-refractivity contribution in [2.45, 2.75) is 44.4 Å². The number of carbonyl (C=O) groups excluding carboxylic acids is 1. The van der Waals surface area contributed by atoms with E-state index in [-0.39, 0.29) is 35.5 Å². The summed E-state index contributed by atoms with van der Waals surface area (Å²) in [6.07, 6.45) is 3.33. The fourth-order valence-electron chi connectivity index (χ4n) is 3.71. The molecule has 9 heteroatoms. The molecule has 0 N–H and O–H groups in total. The SMILES string of the molecule is CCN(CC1CC1)C(=O)C1CCN(S(=O)(=O)c2cc([N+](=O)[O-])ccc2C)CC1. The maximum atomic E-state index is 13.0. The van der Waals surface area contributed by atoms with Crippen LogP contribution in [-0.2, 0) is 14.8 Å². The molecule has 1 aromatic carbocycles. The third kappa shape index (κ3) is 4.35. The van der Waals surface area contributed by atoms with Crippen molar-refractivity contribution in [2.24, 2.45) is 11.8 Å². The number of nitro benzene ring substituents is 1. The number of hydrogen-bond donors (Lipinski definition) is 0. The van der Waals surface area contributed by atoms with Crippen molar-refractivity contribution < 1.29 is 18.1 Å². The zero-order valence-corrected chi connectivity index (χ0v) is 17.2. The molecular formula is C19H27N3O5S. The summed E-state index contributed by atoms with van der Waals surface area (Å²) in [7, 11) is -3.83. The lowest BCUT2D eigenvalue weighted by molar-refractivity contribution is -0.385. The van der Waals surface area contributed by atoms with E-state index in [0.717, 1.165) is 12.6 Å². The van der Waals surface area contributed by atoms with Gasteiger partial charge in [-0.05, 0) is 51.0 Å². The van der Waals surface area contributed by atoms with Crippen molar-refractivity contribution in [3.8, 4) is 0 Å².